The third-order valence-electron chi connectivity index (χ3n) is 3.43. The smallest absolute Gasteiger partial charge is 0.234 e. The summed E-state index contributed by atoms with van der Waals surface area (Å²) in [5, 5.41) is 6.98. The minimum absolute atomic E-state index is 0.0844. The first-order valence-electron chi connectivity index (χ1n) is 6.95. The average molecular weight is 357 g/mol. The number of amides is 1. The molecule has 0 spiro atoms. The van der Waals surface area contributed by atoms with Gasteiger partial charge in [-0.25, -0.2) is 0 Å². The molecule has 20 heavy (non-hydrogen) atoms. The number of piperidine rings is 1. The zero-order chi connectivity index (χ0) is 14.5. The molecule has 1 fully saturated rings. The lowest BCUT2D eigenvalue weighted by Gasteiger charge is -2.21. The third-order valence-corrected chi connectivity index (χ3v) is 5.43. The predicted molar refractivity (Wildman–Crippen MR) is 90.6 cm³/mol. The number of hydrogen-bond acceptors (Lipinski definition) is 3. The number of rotatable bonds is 4. The van der Waals surface area contributed by atoms with Crippen molar-refractivity contribution in [1.29, 1.82) is 0 Å². The summed E-state index contributed by atoms with van der Waals surface area (Å²) in [4.78, 5) is 12.1. The normalized spacial score (nSPS) is 16.1. The number of halogens is 1. The van der Waals surface area contributed by atoms with Crippen molar-refractivity contribution < 1.29 is 4.79 Å². The second kappa shape index (κ2) is 7.48. The molecule has 1 amide bonds. The van der Waals surface area contributed by atoms with E-state index in [9.17, 15) is 4.79 Å². The molecule has 110 valence electrons. The molecule has 1 heterocycles. The lowest BCUT2D eigenvalue weighted by molar-refractivity contribution is -0.113. The zero-order valence-electron chi connectivity index (χ0n) is 12.0. The van der Waals surface area contributed by atoms with E-state index in [0.717, 1.165) is 41.7 Å². The molecular formula is C15H21BrN2OS. The maximum absolute atomic E-state index is 12.1. The number of carbonyl (C=O) groups is 1. The predicted octanol–water partition coefficient (Wildman–Crippen LogP) is 3.49. The number of hydrogen-bond donors (Lipinski definition) is 2. The molecule has 0 radical (unpaired) electrons. The highest BCUT2D eigenvalue weighted by Gasteiger charge is 2.16. The molecule has 1 aromatic rings. The van der Waals surface area contributed by atoms with E-state index in [1.54, 1.807) is 11.8 Å². The highest BCUT2D eigenvalue weighted by Crippen LogP contribution is 2.28. The fourth-order valence-corrected chi connectivity index (χ4v) is 4.21. The number of benzene rings is 1. The van der Waals surface area contributed by atoms with Crippen molar-refractivity contribution in [3.63, 3.8) is 0 Å². The SMILES string of the molecule is Cc1cc(C)c(NC(=O)CSC2CCNCC2)c(Br)c1. The fourth-order valence-electron chi connectivity index (χ4n) is 2.41. The first-order chi connectivity index (χ1) is 9.56. The Morgan fingerprint density at radius 2 is 2.10 bits per heavy atom. The maximum Gasteiger partial charge on any atom is 0.234 e. The van der Waals surface area contributed by atoms with Crippen LogP contribution in [-0.4, -0.2) is 30.0 Å². The van der Waals surface area contributed by atoms with Crippen LogP contribution in [0.2, 0.25) is 0 Å². The van der Waals surface area contributed by atoms with Crippen molar-refractivity contribution in [3.8, 4) is 0 Å². The van der Waals surface area contributed by atoms with Gasteiger partial charge < -0.3 is 10.6 Å². The largest absolute Gasteiger partial charge is 0.324 e. The molecule has 1 aliphatic heterocycles. The maximum atomic E-state index is 12.1. The van der Waals surface area contributed by atoms with Crippen molar-refractivity contribution >= 4 is 39.3 Å². The topological polar surface area (TPSA) is 41.1 Å². The first kappa shape index (κ1) is 15.9. The molecule has 5 heteroatoms. The fraction of sp³-hybridized carbons (Fsp3) is 0.533. The standard InChI is InChI=1S/C15H21BrN2OS/c1-10-7-11(2)15(13(16)8-10)18-14(19)9-20-12-3-5-17-6-4-12/h7-8,12,17H,3-6,9H2,1-2H3,(H,18,19). The molecular weight excluding hydrogens is 336 g/mol. The number of aryl methyl sites for hydroxylation is 2. The second-order valence-corrected chi connectivity index (χ2v) is 7.39. The minimum atomic E-state index is 0.0844. The van der Waals surface area contributed by atoms with Crippen molar-refractivity contribution in [1.82, 2.24) is 5.32 Å². The molecule has 1 aliphatic rings. The van der Waals surface area contributed by atoms with Gasteiger partial charge in [0.05, 0.1) is 11.4 Å². The summed E-state index contributed by atoms with van der Waals surface area (Å²) in [6, 6.07) is 4.11. The molecule has 0 atom stereocenters. The van der Waals surface area contributed by atoms with Gasteiger partial charge >= 0.3 is 0 Å². The quantitative estimate of drug-likeness (QED) is 0.867. The minimum Gasteiger partial charge on any atom is -0.324 e. The van der Waals surface area contributed by atoms with E-state index >= 15 is 0 Å². The van der Waals surface area contributed by atoms with Crippen LogP contribution < -0.4 is 10.6 Å². The monoisotopic (exact) mass is 356 g/mol. The Bertz CT molecular complexity index is 464. The first-order valence-corrected chi connectivity index (χ1v) is 8.79. The molecule has 0 aliphatic carbocycles. The number of nitrogens with one attached hydrogen (secondary N) is 2. The Labute approximate surface area is 133 Å². The summed E-state index contributed by atoms with van der Waals surface area (Å²) < 4.78 is 0.954. The summed E-state index contributed by atoms with van der Waals surface area (Å²) in [5.41, 5.74) is 3.18. The van der Waals surface area contributed by atoms with E-state index in [2.05, 4.69) is 39.6 Å². The molecule has 0 bridgehead atoms. The highest BCUT2D eigenvalue weighted by atomic mass is 79.9. The molecule has 1 saturated heterocycles. The van der Waals surface area contributed by atoms with Gasteiger partial charge in [-0.05, 0) is 72.9 Å². The van der Waals surface area contributed by atoms with E-state index in [4.69, 9.17) is 0 Å². The summed E-state index contributed by atoms with van der Waals surface area (Å²) in [7, 11) is 0. The lowest BCUT2D eigenvalue weighted by atomic mass is 10.1. The third kappa shape index (κ3) is 4.50. The van der Waals surface area contributed by atoms with Gasteiger partial charge in [0.25, 0.3) is 0 Å². The van der Waals surface area contributed by atoms with Crippen LogP contribution in [0.4, 0.5) is 5.69 Å². The van der Waals surface area contributed by atoms with Crippen LogP contribution in [0.25, 0.3) is 0 Å². The highest BCUT2D eigenvalue weighted by molar-refractivity contribution is 9.10. The van der Waals surface area contributed by atoms with E-state index in [1.165, 1.54) is 5.56 Å². The number of carbonyl (C=O) groups excluding carboxylic acids is 1. The molecule has 0 unspecified atom stereocenters. The van der Waals surface area contributed by atoms with Gasteiger partial charge in [-0.15, -0.1) is 11.8 Å². The van der Waals surface area contributed by atoms with Gasteiger partial charge in [-0.1, -0.05) is 6.07 Å². The van der Waals surface area contributed by atoms with Crippen LogP contribution in [0, 0.1) is 13.8 Å². The van der Waals surface area contributed by atoms with E-state index in [0.29, 0.717) is 11.0 Å². The molecule has 1 aromatic carbocycles. The van der Waals surface area contributed by atoms with Crippen LogP contribution in [0.3, 0.4) is 0 Å². The van der Waals surface area contributed by atoms with Gasteiger partial charge in [-0.2, -0.15) is 0 Å². The van der Waals surface area contributed by atoms with Crippen molar-refractivity contribution in [2.45, 2.75) is 31.9 Å². The Morgan fingerprint density at radius 1 is 1.40 bits per heavy atom. The van der Waals surface area contributed by atoms with Crippen LogP contribution in [0.5, 0.6) is 0 Å². The molecule has 0 saturated carbocycles. The Balaban J connectivity index is 1.88. The van der Waals surface area contributed by atoms with Crippen LogP contribution >= 0.6 is 27.7 Å². The Hall–Kier alpha value is -0.520. The Morgan fingerprint density at radius 3 is 2.75 bits per heavy atom. The summed E-state index contributed by atoms with van der Waals surface area (Å²) in [6.45, 7) is 6.22. The van der Waals surface area contributed by atoms with Gasteiger partial charge in [0.1, 0.15) is 0 Å². The number of anilines is 1. The van der Waals surface area contributed by atoms with Gasteiger partial charge in [-0.3, -0.25) is 4.79 Å². The van der Waals surface area contributed by atoms with E-state index < -0.39 is 0 Å². The van der Waals surface area contributed by atoms with E-state index in [-0.39, 0.29) is 5.91 Å². The second-order valence-electron chi connectivity index (χ2n) is 5.25. The Kier molecular flexibility index (Phi) is 5.93. The molecule has 0 aromatic heterocycles. The van der Waals surface area contributed by atoms with Crippen LogP contribution in [0.1, 0.15) is 24.0 Å². The van der Waals surface area contributed by atoms with Crippen LogP contribution in [-0.2, 0) is 4.79 Å². The zero-order valence-corrected chi connectivity index (χ0v) is 14.4. The summed E-state index contributed by atoms with van der Waals surface area (Å²) in [6.07, 6.45) is 2.32. The number of thioether (sulfide) groups is 1. The van der Waals surface area contributed by atoms with Gasteiger partial charge in [0, 0.05) is 9.72 Å². The summed E-state index contributed by atoms with van der Waals surface area (Å²) in [5.74, 6) is 0.617. The van der Waals surface area contributed by atoms with Crippen LogP contribution in [0.15, 0.2) is 16.6 Å². The van der Waals surface area contributed by atoms with Gasteiger partial charge in [0.15, 0.2) is 0 Å². The molecule has 2 N–H and O–H groups in total. The summed E-state index contributed by atoms with van der Waals surface area (Å²) >= 11 is 5.30. The lowest BCUT2D eigenvalue weighted by Crippen LogP contribution is -2.30. The van der Waals surface area contributed by atoms with Crippen molar-refractivity contribution in [2.24, 2.45) is 0 Å². The molecule has 3 nitrogen and oxygen atoms in total. The van der Waals surface area contributed by atoms with Crippen molar-refractivity contribution in [2.75, 3.05) is 24.2 Å². The van der Waals surface area contributed by atoms with Crippen molar-refractivity contribution in [3.05, 3.63) is 27.7 Å². The average Bonchev–Trinajstić information content (AvgIpc) is 2.42. The van der Waals surface area contributed by atoms with E-state index in [1.807, 2.05) is 13.0 Å². The molecule has 2 rings (SSSR count). The van der Waals surface area contributed by atoms with Gasteiger partial charge in [0.2, 0.25) is 5.91 Å².